The van der Waals surface area contributed by atoms with Gasteiger partial charge < -0.3 is 42.6 Å². The topological polar surface area (TPSA) is 224 Å². The highest BCUT2D eigenvalue weighted by molar-refractivity contribution is 5.97. The molecule has 14 nitrogen and oxygen atoms in total. The Morgan fingerprint density at radius 1 is 1.07 bits per heavy atom. The van der Waals surface area contributed by atoms with Gasteiger partial charge in [0.1, 0.15) is 11.7 Å². The van der Waals surface area contributed by atoms with E-state index in [1.54, 1.807) is 19.1 Å². The largest absolute Gasteiger partial charge is 0.480 e. The molecule has 0 radical (unpaired) electrons. The Labute approximate surface area is 263 Å². The molecule has 1 aromatic carbocycles. The molecular weight excluding hydrogens is 580 g/mol. The second-order valence-electron chi connectivity index (χ2n) is 11.9. The van der Waals surface area contributed by atoms with Crippen LogP contribution in [0, 0.1) is 6.92 Å². The van der Waals surface area contributed by atoms with E-state index in [4.69, 9.17) is 16.2 Å². The maximum absolute atomic E-state index is 12.8. The molecule has 1 aromatic heterocycles. The third-order valence-electron chi connectivity index (χ3n) is 6.82. The number of aryl methyl sites for hydroxylation is 1. The number of hydrogen-bond donors (Lipinski definition) is 7. The van der Waals surface area contributed by atoms with Gasteiger partial charge >= 0.3 is 5.97 Å². The molecule has 2 aromatic rings. The van der Waals surface area contributed by atoms with Gasteiger partial charge in [-0.25, -0.2) is 9.78 Å². The number of carbonyl (C=O) groups is 4. The van der Waals surface area contributed by atoms with Crippen molar-refractivity contribution in [2.45, 2.75) is 84.0 Å². The molecule has 0 spiro atoms. The molecule has 0 aliphatic heterocycles. The molecule has 0 aliphatic rings. The first-order valence-corrected chi connectivity index (χ1v) is 14.6. The lowest BCUT2D eigenvalue weighted by Crippen LogP contribution is -2.46. The summed E-state index contributed by atoms with van der Waals surface area (Å²) in [4.78, 5) is 58.0. The fourth-order valence-electron chi connectivity index (χ4n) is 4.20. The number of carboxylic acids is 1. The van der Waals surface area contributed by atoms with Crippen LogP contribution < -0.4 is 32.7 Å². The number of nitrogens with zero attached hydrogens (tertiary/aromatic N) is 2. The molecule has 45 heavy (non-hydrogen) atoms. The Morgan fingerprint density at radius 3 is 2.33 bits per heavy atom. The van der Waals surface area contributed by atoms with Crippen molar-refractivity contribution in [2.75, 3.05) is 18.5 Å². The van der Waals surface area contributed by atoms with E-state index in [0.29, 0.717) is 43.1 Å². The van der Waals surface area contributed by atoms with Crippen LogP contribution in [0.2, 0.25) is 0 Å². The molecule has 1 atom stereocenters. The molecule has 14 heteroatoms. The Bertz CT molecular complexity index is 1360. The quantitative estimate of drug-likeness (QED) is 0.127. The zero-order valence-electron chi connectivity index (χ0n) is 26.7. The molecule has 3 amide bonds. The number of anilines is 1. The smallest absolute Gasteiger partial charge is 0.326 e. The number of ether oxygens (including phenoxy) is 1. The second-order valence-corrected chi connectivity index (χ2v) is 11.9. The van der Waals surface area contributed by atoms with Crippen LogP contribution in [0.1, 0.15) is 85.6 Å². The molecular formula is C31H46N8O6. The van der Waals surface area contributed by atoms with Crippen molar-refractivity contribution in [2.24, 2.45) is 11.5 Å². The summed E-state index contributed by atoms with van der Waals surface area (Å²) in [5.74, 6) is -2.68. The lowest BCUT2D eigenvalue weighted by atomic mass is 9.99. The fourth-order valence-corrected chi connectivity index (χ4v) is 4.20. The molecule has 9 N–H and O–H groups in total. The Hall–Kier alpha value is -4.56. The van der Waals surface area contributed by atoms with Crippen LogP contribution in [-0.2, 0) is 20.9 Å². The van der Waals surface area contributed by atoms with E-state index in [2.05, 4.69) is 37.8 Å². The van der Waals surface area contributed by atoms with Crippen molar-refractivity contribution in [1.29, 1.82) is 0 Å². The number of aromatic nitrogens is 2. The average Bonchev–Trinajstić information content (AvgIpc) is 2.93. The zero-order chi connectivity index (χ0) is 33.8. The average molecular weight is 627 g/mol. The number of rotatable bonds is 18. The normalized spacial score (nSPS) is 12.1. The van der Waals surface area contributed by atoms with Gasteiger partial charge in [0.05, 0.1) is 35.6 Å². The highest BCUT2D eigenvalue weighted by Gasteiger charge is 2.26. The van der Waals surface area contributed by atoms with Crippen LogP contribution >= 0.6 is 0 Å². The lowest BCUT2D eigenvalue weighted by Gasteiger charge is -2.30. The maximum atomic E-state index is 12.8. The fraction of sp³-hybridized carbons (Fsp3) is 0.484. The van der Waals surface area contributed by atoms with Crippen LogP contribution in [0.5, 0.6) is 0 Å². The lowest BCUT2D eigenvalue weighted by molar-refractivity contribution is -0.139. The predicted octanol–water partition coefficient (Wildman–Crippen LogP) is 1.95. The summed E-state index contributed by atoms with van der Waals surface area (Å²) in [6, 6.07) is 5.11. The Morgan fingerprint density at radius 2 is 1.73 bits per heavy atom. The van der Waals surface area contributed by atoms with E-state index < -0.39 is 29.4 Å². The highest BCUT2D eigenvalue weighted by Crippen LogP contribution is 2.17. The Kier molecular flexibility index (Phi) is 13.4. The standard InChI is InChI=1S/C31H46N8O6/c1-19-26(28(42)36-20(2)33)37-23(17-34-19)18-35-22-9-7-21(8-10-22)27(41)38-24(29(43)44)11-12-25(40)39-30(3,4)14-16-45-31(5,6)13-15-32/h7-10,17,24,35H,2,11-16,18,32-33H2,1,3-6H3,(H,36,42)(H,38,41)(H,39,40)(H,43,44). The summed E-state index contributed by atoms with van der Waals surface area (Å²) in [5, 5.41) is 20.6. The minimum Gasteiger partial charge on any atom is -0.480 e. The third-order valence-corrected chi connectivity index (χ3v) is 6.82. The minimum atomic E-state index is -1.26. The van der Waals surface area contributed by atoms with Crippen LogP contribution in [-0.4, -0.2) is 69.1 Å². The van der Waals surface area contributed by atoms with Crippen molar-refractivity contribution in [3.05, 3.63) is 65.5 Å². The molecule has 0 fully saturated rings. The number of carbonyl (C=O) groups excluding carboxylic acids is 3. The van der Waals surface area contributed by atoms with Gasteiger partial charge in [0.25, 0.3) is 11.8 Å². The molecule has 0 bridgehead atoms. The van der Waals surface area contributed by atoms with E-state index in [-0.39, 0.29) is 48.0 Å². The zero-order valence-corrected chi connectivity index (χ0v) is 26.7. The number of hydrogen-bond acceptors (Lipinski definition) is 10. The summed E-state index contributed by atoms with van der Waals surface area (Å²) in [6.07, 6.45) is 2.63. The molecule has 1 unspecified atom stereocenters. The summed E-state index contributed by atoms with van der Waals surface area (Å²) in [7, 11) is 0. The number of carboxylic acid groups (broad SMARTS) is 1. The predicted molar refractivity (Wildman–Crippen MR) is 170 cm³/mol. The summed E-state index contributed by atoms with van der Waals surface area (Å²) in [5.41, 5.74) is 12.1. The summed E-state index contributed by atoms with van der Waals surface area (Å²) >= 11 is 0. The number of nitrogens with two attached hydrogens (primary N) is 2. The molecule has 1 heterocycles. The molecule has 246 valence electrons. The van der Waals surface area contributed by atoms with Crippen molar-refractivity contribution < 1.29 is 29.0 Å². The number of amides is 3. The molecule has 0 saturated carbocycles. The van der Waals surface area contributed by atoms with Crippen LogP contribution in [0.25, 0.3) is 0 Å². The monoisotopic (exact) mass is 626 g/mol. The van der Waals surface area contributed by atoms with E-state index >= 15 is 0 Å². The summed E-state index contributed by atoms with van der Waals surface area (Å²) < 4.78 is 5.89. The van der Waals surface area contributed by atoms with Gasteiger partial charge in [0, 0.05) is 29.8 Å². The van der Waals surface area contributed by atoms with Gasteiger partial charge in [-0.05, 0) is 84.7 Å². The molecule has 0 saturated heterocycles. The van der Waals surface area contributed by atoms with Gasteiger partial charge in [0.15, 0.2) is 0 Å². The van der Waals surface area contributed by atoms with E-state index in [1.165, 1.54) is 18.3 Å². The SMILES string of the molecule is C=C(N)NC(=O)c1nc(CNc2ccc(C(=O)NC(CCC(=O)NC(C)(C)CCOC(C)(C)CCN)C(=O)O)cc2)cnc1C. The first-order chi connectivity index (χ1) is 21.0. The first kappa shape index (κ1) is 36.6. The van der Waals surface area contributed by atoms with Gasteiger partial charge in [-0.15, -0.1) is 0 Å². The second kappa shape index (κ2) is 16.5. The van der Waals surface area contributed by atoms with E-state index in [1.807, 2.05) is 27.7 Å². The van der Waals surface area contributed by atoms with Gasteiger partial charge in [-0.3, -0.25) is 19.4 Å². The van der Waals surface area contributed by atoms with Crippen molar-refractivity contribution in [3.8, 4) is 0 Å². The van der Waals surface area contributed by atoms with Gasteiger partial charge in [0.2, 0.25) is 5.91 Å². The van der Waals surface area contributed by atoms with Crippen LogP contribution in [0.3, 0.4) is 0 Å². The molecule has 2 rings (SSSR count). The van der Waals surface area contributed by atoms with Crippen molar-refractivity contribution in [1.82, 2.24) is 25.9 Å². The van der Waals surface area contributed by atoms with Gasteiger partial charge in [-0.1, -0.05) is 6.58 Å². The Balaban J connectivity index is 1.89. The van der Waals surface area contributed by atoms with Crippen molar-refractivity contribution >= 4 is 29.4 Å². The van der Waals surface area contributed by atoms with E-state index in [0.717, 1.165) is 0 Å². The number of benzene rings is 1. The van der Waals surface area contributed by atoms with Crippen LogP contribution in [0.4, 0.5) is 5.69 Å². The minimum absolute atomic E-state index is 0.00542. The van der Waals surface area contributed by atoms with Gasteiger partial charge in [-0.2, -0.15) is 0 Å². The highest BCUT2D eigenvalue weighted by atomic mass is 16.5. The number of aliphatic carboxylic acids is 1. The summed E-state index contributed by atoms with van der Waals surface area (Å²) in [6.45, 7) is 13.9. The van der Waals surface area contributed by atoms with Crippen LogP contribution in [0.15, 0.2) is 42.9 Å². The first-order valence-electron chi connectivity index (χ1n) is 14.6. The van der Waals surface area contributed by atoms with Crippen molar-refractivity contribution in [3.63, 3.8) is 0 Å². The molecule has 0 aliphatic carbocycles. The number of nitrogens with one attached hydrogen (secondary N) is 4. The van der Waals surface area contributed by atoms with E-state index in [9.17, 15) is 24.3 Å². The maximum Gasteiger partial charge on any atom is 0.326 e. The third kappa shape index (κ3) is 12.9.